The van der Waals surface area contributed by atoms with E-state index in [2.05, 4.69) is 44.7 Å². The van der Waals surface area contributed by atoms with Crippen LogP contribution in [0.3, 0.4) is 0 Å². The molecule has 0 radical (unpaired) electrons. The number of anilines is 4. The van der Waals surface area contributed by atoms with E-state index in [1.54, 1.807) is 7.11 Å². The molecule has 0 aromatic heterocycles. The van der Waals surface area contributed by atoms with Crippen molar-refractivity contribution in [2.24, 2.45) is 0 Å². The first kappa shape index (κ1) is 20.0. The SMILES string of the molecule is COc1cccc(N2CCN(C(=S)Nc3ccc(Nc4ccccc4)cc3)CC2)c1. The highest BCUT2D eigenvalue weighted by Gasteiger charge is 2.19. The maximum absolute atomic E-state index is 5.65. The molecule has 0 atom stereocenters. The highest BCUT2D eigenvalue weighted by Crippen LogP contribution is 2.23. The summed E-state index contributed by atoms with van der Waals surface area (Å²) in [5.41, 5.74) is 4.30. The molecule has 0 spiro atoms. The summed E-state index contributed by atoms with van der Waals surface area (Å²) in [6, 6.07) is 26.6. The van der Waals surface area contributed by atoms with Crippen molar-refractivity contribution in [3.8, 4) is 5.75 Å². The van der Waals surface area contributed by atoms with Crippen LogP contribution in [0.5, 0.6) is 5.75 Å². The lowest BCUT2D eigenvalue weighted by Gasteiger charge is -2.37. The molecule has 0 saturated carbocycles. The fourth-order valence-electron chi connectivity index (χ4n) is 3.50. The van der Waals surface area contributed by atoms with Crippen molar-refractivity contribution < 1.29 is 4.74 Å². The van der Waals surface area contributed by atoms with Crippen LogP contribution in [0.1, 0.15) is 0 Å². The van der Waals surface area contributed by atoms with Gasteiger partial charge >= 0.3 is 0 Å². The number of rotatable bonds is 5. The summed E-state index contributed by atoms with van der Waals surface area (Å²) < 4.78 is 5.34. The Kier molecular flexibility index (Phi) is 6.35. The van der Waals surface area contributed by atoms with Crippen LogP contribution in [0.15, 0.2) is 78.9 Å². The molecule has 1 heterocycles. The Bertz CT molecular complexity index is 970. The van der Waals surface area contributed by atoms with Crippen molar-refractivity contribution in [1.29, 1.82) is 0 Å². The number of hydrogen-bond donors (Lipinski definition) is 2. The fraction of sp³-hybridized carbons (Fsp3) is 0.208. The molecule has 30 heavy (non-hydrogen) atoms. The van der Waals surface area contributed by atoms with Crippen molar-refractivity contribution in [2.75, 3.05) is 48.8 Å². The summed E-state index contributed by atoms with van der Waals surface area (Å²) in [7, 11) is 1.70. The van der Waals surface area contributed by atoms with Crippen LogP contribution < -0.4 is 20.3 Å². The van der Waals surface area contributed by atoms with Crippen molar-refractivity contribution >= 4 is 40.1 Å². The zero-order chi connectivity index (χ0) is 20.8. The van der Waals surface area contributed by atoms with Gasteiger partial charge in [0.2, 0.25) is 0 Å². The van der Waals surface area contributed by atoms with Gasteiger partial charge in [0.15, 0.2) is 5.11 Å². The lowest BCUT2D eigenvalue weighted by atomic mass is 10.2. The van der Waals surface area contributed by atoms with Crippen LogP contribution in [-0.4, -0.2) is 43.3 Å². The molecule has 0 aliphatic carbocycles. The Morgan fingerprint density at radius 3 is 2.17 bits per heavy atom. The van der Waals surface area contributed by atoms with E-state index in [-0.39, 0.29) is 0 Å². The third-order valence-corrected chi connectivity index (χ3v) is 5.54. The number of para-hydroxylation sites is 1. The van der Waals surface area contributed by atoms with Gasteiger partial charge in [0, 0.05) is 55.0 Å². The maximum Gasteiger partial charge on any atom is 0.173 e. The highest BCUT2D eigenvalue weighted by atomic mass is 32.1. The Morgan fingerprint density at radius 1 is 0.800 bits per heavy atom. The lowest BCUT2D eigenvalue weighted by Crippen LogP contribution is -2.50. The zero-order valence-corrected chi connectivity index (χ0v) is 17.9. The van der Waals surface area contributed by atoms with E-state index in [9.17, 15) is 0 Å². The number of nitrogens with zero attached hydrogens (tertiary/aromatic N) is 2. The molecule has 3 aromatic carbocycles. The molecule has 154 valence electrons. The van der Waals surface area contributed by atoms with Crippen LogP contribution >= 0.6 is 12.2 Å². The summed E-state index contributed by atoms with van der Waals surface area (Å²) in [5, 5.41) is 7.53. The minimum atomic E-state index is 0.768. The average molecular weight is 419 g/mol. The number of nitrogens with one attached hydrogen (secondary N) is 2. The minimum absolute atomic E-state index is 0.768. The Labute approximate surface area is 183 Å². The van der Waals surface area contributed by atoms with Gasteiger partial charge in [0.25, 0.3) is 0 Å². The van der Waals surface area contributed by atoms with E-state index in [1.165, 1.54) is 5.69 Å². The van der Waals surface area contributed by atoms with E-state index in [0.29, 0.717) is 0 Å². The molecule has 0 unspecified atom stereocenters. The topological polar surface area (TPSA) is 39.8 Å². The van der Waals surface area contributed by atoms with E-state index in [4.69, 9.17) is 17.0 Å². The summed E-state index contributed by atoms with van der Waals surface area (Å²) in [5.74, 6) is 0.886. The molecule has 0 amide bonds. The summed E-state index contributed by atoms with van der Waals surface area (Å²) in [6.45, 7) is 3.62. The Hall–Kier alpha value is -3.25. The number of thiocarbonyl (C=S) groups is 1. The largest absolute Gasteiger partial charge is 0.497 e. The van der Waals surface area contributed by atoms with Crippen LogP contribution in [0, 0.1) is 0 Å². The number of piperazine rings is 1. The van der Waals surface area contributed by atoms with E-state index in [0.717, 1.165) is 54.1 Å². The van der Waals surface area contributed by atoms with Crippen LogP contribution in [0.2, 0.25) is 0 Å². The average Bonchev–Trinajstić information content (AvgIpc) is 2.81. The van der Waals surface area contributed by atoms with Crippen molar-refractivity contribution in [3.05, 3.63) is 78.9 Å². The normalized spacial score (nSPS) is 13.6. The zero-order valence-electron chi connectivity index (χ0n) is 17.0. The smallest absolute Gasteiger partial charge is 0.173 e. The van der Waals surface area contributed by atoms with Gasteiger partial charge in [-0.15, -0.1) is 0 Å². The molecular weight excluding hydrogens is 392 g/mol. The molecule has 6 heteroatoms. The van der Waals surface area contributed by atoms with Crippen LogP contribution in [0.25, 0.3) is 0 Å². The van der Waals surface area contributed by atoms with Gasteiger partial charge in [-0.05, 0) is 60.7 Å². The third kappa shape index (κ3) is 5.02. The Balaban J connectivity index is 1.29. The molecule has 2 N–H and O–H groups in total. The van der Waals surface area contributed by atoms with Gasteiger partial charge < -0.3 is 25.2 Å². The second kappa shape index (κ2) is 9.50. The predicted octanol–water partition coefficient (Wildman–Crippen LogP) is 4.96. The third-order valence-electron chi connectivity index (χ3n) is 5.18. The molecule has 1 aliphatic heterocycles. The monoisotopic (exact) mass is 418 g/mol. The quantitative estimate of drug-likeness (QED) is 0.571. The van der Waals surface area contributed by atoms with E-state index < -0.39 is 0 Å². The minimum Gasteiger partial charge on any atom is -0.497 e. The molecule has 1 saturated heterocycles. The van der Waals surface area contributed by atoms with E-state index >= 15 is 0 Å². The van der Waals surface area contributed by atoms with Gasteiger partial charge in [0.1, 0.15) is 5.75 Å². The van der Waals surface area contributed by atoms with Crippen LogP contribution in [-0.2, 0) is 0 Å². The molecule has 0 bridgehead atoms. The molecule has 1 aliphatic rings. The first-order valence-corrected chi connectivity index (χ1v) is 10.5. The lowest BCUT2D eigenvalue weighted by molar-refractivity contribution is 0.389. The molecule has 1 fully saturated rings. The van der Waals surface area contributed by atoms with Crippen molar-refractivity contribution in [3.63, 3.8) is 0 Å². The molecule has 3 aromatic rings. The number of methoxy groups -OCH3 is 1. The number of hydrogen-bond acceptors (Lipinski definition) is 4. The van der Waals surface area contributed by atoms with E-state index in [1.807, 2.05) is 54.6 Å². The van der Waals surface area contributed by atoms with Crippen LogP contribution in [0.4, 0.5) is 22.7 Å². The standard InChI is InChI=1S/C24H26N4OS/c1-29-23-9-5-8-22(18-23)27-14-16-28(17-15-27)24(30)26-21-12-10-20(11-13-21)25-19-6-3-2-4-7-19/h2-13,18,25H,14-17H2,1H3,(H,26,30). The second-order valence-electron chi connectivity index (χ2n) is 7.17. The maximum atomic E-state index is 5.65. The first-order valence-electron chi connectivity index (χ1n) is 10.1. The number of benzene rings is 3. The van der Waals surface area contributed by atoms with Gasteiger partial charge in [-0.3, -0.25) is 0 Å². The van der Waals surface area contributed by atoms with Crippen molar-refractivity contribution in [2.45, 2.75) is 0 Å². The summed E-state index contributed by atoms with van der Waals surface area (Å²) >= 11 is 5.65. The second-order valence-corrected chi connectivity index (χ2v) is 7.56. The summed E-state index contributed by atoms with van der Waals surface area (Å²) in [4.78, 5) is 4.59. The molecular formula is C24H26N4OS. The van der Waals surface area contributed by atoms with Gasteiger partial charge in [-0.1, -0.05) is 24.3 Å². The molecule has 4 rings (SSSR count). The number of ether oxygens (including phenoxy) is 1. The fourth-order valence-corrected chi connectivity index (χ4v) is 3.80. The van der Waals surface area contributed by atoms with Gasteiger partial charge in [0.05, 0.1) is 7.11 Å². The van der Waals surface area contributed by atoms with Crippen molar-refractivity contribution in [1.82, 2.24) is 4.90 Å². The van der Waals surface area contributed by atoms with Gasteiger partial charge in [-0.2, -0.15) is 0 Å². The van der Waals surface area contributed by atoms with Gasteiger partial charge in [-0.25, -0.2) is 0 Å². The Morgan fingerprint density at radius 2 is 1.47 bits per heavy atom. The first-order chi connectivity index (χ1) is 14.7. The molecule has 5 nitrogen and oxygen atoms in total. The summed E-state index contributed by atoms with van der Waals surface area (Å²) in [6.07, 6.45) is 0. The highest BCUT2D eigenvalue weighted by molar-refractivity contribution is 7.80. The predicted molar refractivity (Wildman–Crippen MR) is 129 cm³/mol.